The van der Waals surface area contributed by atoms with Crippen LogP contribution in [0, 0.1) is 47.3 Å². The Hall–Kier alpha value is -3.93. The molecule has 2 heterocycles. The van der Waals surface area contributed by atoms with Crippen LogP contribution in [0.1, 0.15) is 651 Å². The van der Waals surface area contributed by atoms with Gasteiger partial charge >= 0.3 is 29.8 Å². The normalized spacial score (nSPS) is 20.1. The summed E-state index contributed by atoms with van der Waals surface area (Å²) in [5, 5.41) is 37.6. The molecule has 874 valence electrons. The van der Waals surface area contributed by atoms with Crippen molar-refractivity contribution in [3.8, 4) is 0 Å². The molecule has 3 N–H and O–H groups in total. The Bertz CT molecular complexity index is 3250. The van der Waals surface area contributed by atoms with E-state index < -0.39 is 104 Å². The number of aliphatic hydroxyl groups is 3. The lowest BCUT2D eigenvalue weighted by Crippen LogP contribution is -2.66. The minimum absolute atomic E-state index is 0.00150. The molecule has 0 spiro atoms. The molecule has 149 heavy (non-hydrogen) atoms. The summed E-state index contributed by atoms with van der Waals surface area (Å²) in [6.45, 7) is 34.2. The third-order valence-corrected chi connectivity index (χ3v) is 32.5. The fraction of sp³-hybridized carbons (Fsp3) is 0.902. The van der Waals surface area contributed by atoms with Crippen LogP contribution in [0.5, 0.6) is 0 Å². The van der Waals surface area contributed by atoms with Crippen LogP contribution in [0.2, 0.25) is 0 Å². The second kappa shape index (κ2) is 97.3. The van der Waals surface area contributed by atoms with Gasteiger partial charge in [0.1, 0.15) is 31.0 Å². The molecule has 0 aromatic heterocycles. The summed E-state index contributed by atoms with van der Waals surface area (Å²) in [5.74, 6) is -2.16. The van der Waals surface area contributed by atoms with E-state index >= 15 is 9.59 Å². The zero-order chi connectivity index (χ0) is 109. The number of carbonyl (C=O) groups excluding carboxylic acids is 5. The first kappa shape index (κ1) is 141. The van der Waals surface area contributed by atoms with E-state index in [1.54, 1.807) is 27.7 Å². The zero-order valence-corrected chi connectivity index (χ0v) is 101. The third kappa shape index (κ3) is 76.4. The molecule has 4 unspecified atom stereocenters. The van der Waals surface area contributed by atoms with E-state index in [-0.39, 0.29) is 41.2 Å². The van der Waals surface area contributed by atoms with Gasteiger partial charge in [-0.25, -0.2) is 19.2 Å². The second-order valence-corrected chi connectivity index (χ2v) is 48.5. The number of hydrogen-bond donors (Lipinski definition) is 3. The molecule has 0 amide bonds. The molecule has 16 nitrogen and oxygen atoms in total. The molecule has 0 aliphatic carbocycles. The van der Waals surface area contributed by atoms with Crippen molar-refractivity contribution in [1.82, 2.24) is 0 Å². The Morgan fingerprint density at radius 2 is 0.456 bits per heavy atom. The van der Waals surface area contributed by atoms with Crippen LogP contribution >= 0.6 is 0 Å². The van der Waals surface area contributed by atoms with Gasteiger partial charge in [0, 0.05) is 28.7 Å². The molecule has 16 heteroatoms. The van der Waals surface area contributed by atoms with Gasteiger partial charge in [-0.1, -0.05) is 609 Å². The molecule has 0 aromatic rings. The topological polar surface area (TPSA) is 220 Å². The number of unbranched alkanes of at least 4 members (excludes halogenated alkanes) is 69. The Labute approximate surface area is 920 Å². The van der Waals surface area contributed by atoms with Crippen molar-refractivity contribution in [3.05, 3.63) is 46.6 Å². The molecular weight excluding hydrogens is 1850 g/mol. The summed E-state index contributed by atoms with van der Waals surface area (Å²) in [6, 6.07) is 0. The summed E-state index contributed by atoms with van der Waals surface area (Å²) in [7, 11) is 0. The highest BCUT2D eigenvalue weighted by Crippen LogP contribution is 2.38. The maximum Gasteiger partial charge on any atom is 0.333 e. The van der Waals surface area contributed by atoms with Crippen molar-refractivity contribution >= 4 is 29.8 Å². The number of aliphatic hydroxyl groups excluding tert-OH is 3. The SMILES string of the molecule is CCCCCCCCCCCCCCCCCCC[C@H](C)C[C@H](C)/C=C(\C)C(=O)O[C@H]1C(O)[C@H](OC(=O)/C(C)=C/[C@@H](C)C[C@@H](C)CCCCCCCCCCCCCCCC)C(CO)O[C@@H]1O[C@H]1OC(COC(=O)/C(C)=C/[C@@H](C)C[C@@H](C)CCCCCCCCCCCCCCCC)[C@@H](O)C(OC(=O)/C(C)=C/[C@@H](C)C[C@@H](C)CCCCCCCCCCCCCCCC)[C@H]1OC(=O)CCCCCCCCCCCCCCCCC. The Balaban J connectivity index is 2.71. The van der Waals surface area contributed by atoms with Gasteiger partial charge in [0.2, 0.25) is 12.6 Å². The van der Waals surface area contributed by atoms with E-state index in [0.29, 0.717) is 41.2 Å². The monoisotopic (exact) mass is 2100 g/mol. The lowest BCUT2D eigenvalue weighted by molar-refractivity contribution is -0.377. The largest absolute Gasteiger partial charge is 0.459 e. The van der Waals surface area contributed by atoms with Gasteiger partial charge in [0.15, 0.2) is 24.4 Å². The molecule has 0 bridgehead atoms. The van der Waals surface area contributed by atoms with Crippen LogP contribution in [-0.4, -0.2) is 120 Å². The first-order valence-electron chi connectivity index (χ1n) is 64.9. The van der Waals surface area contributed by atoms with Crippen molar-refractivity contribution in [1.29, 1.82) is 0 Å². The van der Waals surface area contributed by atoms with Gasteiger partial charge in [-0.3, -0.25) is 4.79 Å². The number of esters is 5. The number of allylic oxidation sites excluding steroid dienone is 4. The summed E-state index contributed by atoms with van der Waals surface area (Å²) in [4.78, 5) is 74.2. The molecule has 2 fully saturated rings. The van der Waals surface area contributed by atoms with E-state index in [0.717, 1.165) is 103 Å². The van der Waals surface area contributed by atoms with Crippen LogP contribution < -0.4 is 0 Å². The maximum atomic E-state index is 15.1. The first-order chi connectivity index (χ1) is 72.2. The van der Waals surface area contributed by atoms with Crippen molar-refractivity contribution in [2.75, 3.05) is 13.2 Å². The fourth-order valence-corrected chi connectivity index (χ4v) is 23.3. The van der Waals surface area contributed by atoms with E-state index in [2.05, 4.69) is 90.0 Å². The number of hydrogen-bond acceptors (Lipinski definition) is 16. The number of ether oxygens (including phenoxy) is 8. The zero-order valence-electron chi connectivity index (χ0n) is 101. The van der Waals surface area contributed by atoms with E-state index in [1.165, 1.54) is 417 Å². The molecule has 2 aliphatic rings. The predicted molar refractivity (Wildman–Crippen MR) is 628 cm³/mol. The Kier molecular flexibility index (Phi) is 92.2. The van der Waals surface area contributed by atoms with Crippen LogP contribution in [-0.2, 0) is 61.9 Å². The summed E-state index contributed by atoms with van der Waals surface area (Å²) >= 11 is 0. The van der Waals surface area contributed by atoms with E-state index in [4.69, 9.17) is 37.9 Å². The van der Waals surface area contributed by atoms with Crippen LogP contribution in [0.15, 0.2) is 46.6 Å². The molecule has 2 rings (SSSR count). The smallest absolute Gasteiger partial charge is 0.333 e. The molecule has 0 aromatic carbocycles. The predicted octanol–water partition coefficient (Wildman–Crippen LogP) is 38.7. The van der Waals surface area contributed by atoms with Crippen molar-refractivity contribution in [2.45, 2.75) is 712 Å². The van der Waals surface area contributed by atoms with Gasteiger partial charge in [0.05, 0.1) is 6.61 Å². The third-order valence-electron chi connectivity index (χ3n) is 32.5. The quantitative estimate of drug-likeness (QED) is 0.0223. The van der Waals surface area contributed by atoms with Crippen molar-refractivity contribution < 1.29 is 77.2 Å². The van der Waals surface area contributed by atoms with Gasteiger partial charge in [-0.05, 0) is 107 Å². The molecule has 18 atom stereocenters. The van der Waals surface area contributed by atoms with Crippen molar-refractivity contribution in [2.24, 2.45) is 47.3 Å². The summed E-state index contributed by atoms with van der Waals surface area (Å²) < 4.78 is 52.3. The van der Waals surface area contributed by atoms with Gasteiger partial charge in [-0.15, -0.1) is 0 Å². The van der Waals surface area contributed by atoms with Crippen molar-refractivity contribution in [3.63, 3.8) is 0 Å². The molecule has 0 radical (unpaired) electrons. The maximum absolute atomic E-state index is 15.1. The highest BCUT2D eigenvalue weighted by molar-refractivity contribution is 5.89. The Morgan fingerprint density at radius 3 is 0.705 bits per heavy atom. The number of rotatable bonds is 104. The molecule has 0 saturated carbocycles. The minimum atomic E-state index is -1.92. The standard InChI is InChI=1S/C133H246O16/c1-18-23-28-33-38-43-48-53-58-59-61-65-70-75-80-85-90-95-110(9)100-114(13)104-118(17)131(141)148-126-123(137)124(146-129(139)116(15)102-112(11)98-108(7)93-88-83-78-73-68-63-56-51-46-41-36-31-26-21-4)119(105-134)143-132(126)149-133-127(145-121(135)96-91-86-81-76-71-66-60-54-49-44-39-34-29-24-19-2)125(147-130(140)117(16)103-113(12)99-109(8)94-89-84-79-74-69-64-57-52-47-42-37-32-27-22-5)122(136)120(144-133)106-142-128(138)115(14)101-111(10)97-107(6)92-87-82-77-72-67-62-55-50-45-40-35-30-25-20-3/h101-104,107-114,119-120,122-127,132-134,136-137H,18-100,105-106H2,1-17H3/b115-101+,116-102+,117-103+,118-104+/t107-,108-,109-,110-,111-,112-,113-,114-,119?,120?,122+,123?,124+,125?,126-,127+,132+,133+/m0/s1. The fourth-order valence-electron chi connectivity index (χ4n) is 23.3. The van der Waals surface area contributed by atoms with Gasteiger partial charge in [-0.2, -0.15) is 0 Å². The average Bonchev–Trinajstić information content (AvgIpc) is 0.768. The van der Waals surface area contributed by atoms with Crippen LogP contribution in [0.3, 0.4) is 0 Å². The van der Waals surface area contributed by atoms with Crippen LogP contribution in [0.25, 0.3) is 0 Å². The van der Waals surface area contributed by atoms with Gasteiger partial charge in [0.25, 0.3) is 0 Å². The molecular formula is C133H246O16. The Morgan fingerprint density at radius 1 is 0.248 bits per heavy atom. The first-order valence-corrected chi connectivity index (χ1v) is 64.9. The summed E-state index contributed by atoms with van der Waals surface area (Å²) in [5.41, 5.74) is 1.18. The molecule has 2 aliphatic heterocycles. The highest BCUT2D eigenvalue weighted by Gasteiger charge is 2.56. The lowest BCUT2D eigenvalue weighted by Gasteiger charge is -2.47. The lowest BCUT2D eigenvalue weighted by atomic mass is 9.91. The van der Waals surface area contributed by atoms with Gasteiger partial charge < -0.3 is 53.2 Å². The minimum Gasteiger partial charge on any atom is -0.459 e. The summed E-state index contributed by atoms with van der Waals surface area (Å²) in [6.07, 6.45) is 92.2. The molecule has 2 saturated heterocycles. The average molecular weight is 2100 g/mol. The van der Waals surface area contributed by atoms with Crippen LogP contribution in [0.4, 0.5) is 0 Å². The second-order valence-electron chi connectivity index (χ2n) is 48.5. The number of carbonyl (C=O) groups is 5. The van der Waals surface area contributed by atoms with E-state index in [1.807, 2.05) is 24.3 Å². The highest BCUT2D eigenvalue weighted by atomic mass is 16.8. The van der Waals surface area contributed by atoms with E-state index in [9.17, 15) is 29.7 Å².